The number of benzodiazepines with no additional fused rings is 1. The highest BCUT2D eigenvalue weighted by atomic mass is 19.1. The normalized spacial score (nSPS) is 15.8. The minimum Gasteiger partial charge on any atom is -0.351 e. The Balaban J connectivity index is 1.58. The van der Waals surface area contributed by atoms with Gasteiger partial charge in [0.2, 0.25) is 6.17 Å². The Kier molecular flexibility index (Phi) is 4.78. The molecule has 2 amide bonds. The number of nitrogens with one attached hydrogen (secondary N) is 2. The van der Waals surface area contributed by atoms with Gasteiger partial charge < -0.3 is 15.2 Å². The standard InChI is InChI=1S/C25H19FN4O2/c1-30-21-13-7-4-10-17(21)22(16-9-3-5-11-18(16)26)28-23(25(30)32)29-24(31)20-14-15-8-2-6-12-19(15)27-20/h2-14,23,27H,1H3,(H,29,31). The minimum absolute atomic E-state index is 0.257. The Bertz CT molecular complexity index is 1360. The number of anilines is 1. The summed E-state index contributed by atoms with van der Waals surface area (Å²) in [4.78, 5) is 35.2. The first kappa shape index (κ1) is 19.7. The van der Waals surface area contributed by atoms with Gasteiger partial charge in [-0.15, -0.1) is 0 Å². The molecule has 2 heterocycles. The molecule has 32 heavy (non-hydrogen) atoms. The number of benzene rings is 3. The maximum absolute atomic E-state index is 14.7. The van der Waals surface area contributed by atoms with Crippen molar-refractivity contribution in [2.45, 2.75) is 6.17 Å². The first-order chi connectivity index (χ1) is 15.5. The molecule has 0 aliphatic carbocycles. The van der Waals surface area contributed by atoms with Crippen LogP contribution in [-0.4, -0.2) is 35.7 Å². The number of halogens is 1. The quantitative estimate of drug-likeness (QED) is 0.522. The van der Waals surface area contributed by atoms with E-state index in [1.54, 1.807) is 55.6 Å². The summed E-state index contributed by atoms with van der Waals surface area (Å²) in [5.41, 5.74) is 2.87. The monoisotopic (exact) mass is 426 g/mol. The summed E-state index contributed by atoms with van der Waals surface area (Å²) < 4.78 is 14.7. The smallest absolute Gasteiger partial charge is 0.272 e. The summed E-state index contributed by atoms with van der Waals surface area (Å²) in [6.45, 7) is 0. The van der Waals surface area contributed by atoms with Crippen LogP contribution in [0.3, 0.4) is 0 Å². The summed E-state index contributed by atoms with van der Waals surface area (Å²) >= 11 is 0. The van der Waals surface area contributed by atoms with Crippen molar-refractivity contribution < 1.29 is 14.0 Å². The number of aromatic amines is 1. The molecule has 1 atom stereocenters. The van der Waals surface area contributed by atoms with Crippen LogP contribution in [0.5, 0.6) is 0 Å². The molecule has 0 fully saturated rings. The average Bonchev–Trinajstić information content (AvgIpc) is 3.22. The van der Waals surface area contributed by atoms with Crippen molar-refractivity contribution in [2.75, 3.05) is 11.9 Å². The van der Waals surface area contributed by atoms with Crippen LogP contribution in [-0.2, 0) is 4.79 Å². The van der Waals surface area contributed by atoms with E-state index < -0.39 is 23.8 Å². The van der Waals surface area contributed by atoms with Crippen LogP contribution >= 0.6 is 0 Å². The van der Waals surface area contributed by atoms with Crippen molar-refractivity contribution in [1.29, 1.82) is 0 Å². The number of hydrogen-bond donors (Lipinski definition) is 2. The molecule has 1 aromatic heterocycles. The van der Waals surface area contributed by atoms with Gasteiger partial charge in [0.1, 0.15) is 11.5 Å². The number of likely N-dealkylation sites (N-methyl/N-ethyl adjacent to an activating group) is 1. The van der Waals surface area contributed by atoms with Crippen LogP contribution in [0.1, 0.15) is 21.6 Å². The molecule has 3 aromatic carbocycles. The molecule has 4 aromatic rings. The zero-order valence-corrected chi connectivity index (χ0v) is 17.2. The van der Waals surface area contributed by atoms with Gasteiger partial charge in [0.15, 0.2) is 0 Å². The molecule has 5 rings (SSSR count). The second-order valence-corrected chi connectivity index (χ2v) is 7.52. The summed E-state index contributed by atoms with van der Waals surface area (Å²) in [7, 11) is 1.61. The number of carbonyl (C=O) groups is 2. The van der Waals surface area contributed by atoms with E-state index in [4.69, 9.17) is 0 Å². The lowest BCUT2D eigenvalue weighted by molar-refractivity contribution is -0.119. The third kappa shape index (κ3) is 3.33. The van der Waals surface area contributed by atoms with Crippen molar-refractivity contribution in [1.82, 2.24) is 10.3 Å². The van der Waals surface area contributed by atoms with Gasteiger partial charge in [-0.1, -0.05) is 48.5 Å². The van der Waals surface area contributed by atoms with Gasteiger partial charge in [0.05, 0.1) is 11.4 Å². The molecule has 2 N–H and O–H groups in total. The number of fused-ring (bicyclic) bond motifs is 2. The van der Waals surface area contributed by atoms with Crippen LogP contribution in [0, 0.1) is 5.82 Å². The predicted octanol–water partition coefficient (Wildman–Crippen LogP) is 3.88. The minimum atomic E-state index is -1.22. The SMILES string of the molecule is CN1C(=O)C(NC(=O)c2cc3ccccc3[nH]2)N=C(c2ccccc2F)c2ccccc21. The van der Waals surface area contributed by atoms with Crippen molar-refractivity contribution in [3.8, 4) is 0 Å². The van der Waals surface area contributed by atoms with E-state index in [1.165, 1.54) is 11.0 Å². The number of aromatic nitrogens is 1. The largest absolute Gasteiger partial charge is 0.351 e. The molecule has 1 aliphatic rings. The Labute approximate surface area is 183 Å². The fourth-order valence-electron chi connectivity index (χ4n) is 3.88. The Morgan fingerprint density at radius 3 is 2.47 bits per heavy atom. The topological polar surface area (TPSA) is 77.6 Å². The van der Waals surface area contributed by atoms with Crippen LogP contribution in [0.4, 0.5) is 10.1 Å². The zero-order chi connectivity index (χ0) is 22.2. The first-order valence-corrected chi connectivity index (χ1v) is 10.1. The molecule has 1 aliphatic heterocycles. The predicted molar refractivity (Wildman–Crippen MR) is 121 cm³/mol. The molecular weight excluding hydrogens is 407 g/mol. The van der Waals surface area contributed by atoms with Crippen LogP contribution < -0.4 is 10.2 Å². The van der Waals surface area contributed by atoms with E-state index in [0.29, 0.717) is 22.7 Å². The van der Waals surface area contributed by atoms with E-state index >= 15 is 0 Å². The lowest BCUT2D eigenvalue weighted by Gasteiger charge is -2.20. The summed E-state index contributed by atoms with van der Waals surface area (Å²) in [6, 6.07) is 22.6. The highest BCUT2D eigenvalue weighted by molar-refractivity contribution is 6.20. The van der Waals surface area contributed by atoms with E-state index in [2.05, 4.69) is 15.3 Å². The second-order valence-electron chi connectivity index (χ2n) is 7.52. The molecule has 1 unspecified atom stereocenters. The molecule has 6 nitrogen and oxygen atoms in total. The highest BCUT2D eigenvalue weighted by Crippen LogP contribution is 2.28. The van der Waals surface area contributed by atoms with E-state index in [1.807, 2.05) is 24.3 Å². The van der Waals surface area contributed by atoms with Gasteiger partial charge in [0, 0.05) is 29.1 Å². The average molecular weight is 426 g/mol. The maximum atomic E-state index is 14.7. The van der Waals surface area contributed by atoms with E-state index in [9.17, 15) is 14.0 Å². The molecule has 0 saturated heterocycles. The molecule has 0 radical (unpaired) electrons. The number of H-pyrrole nitrogens is 1. The fourth-order valence-corrected chi connectivity index (χ4v) is 3.88. The van der Waals surface area contributed by atoms with Gasteiger partial charge in [0.25, 0.3) is 11.8 Å². The van der Waals surface area contributed by atoms with Gasteiger partial charge in [-0.25, -0.2) is 9.38 Å². The summed E-state index contributed by atoms with van der Waals surface area (Å²) in [5, 5.41) is 3.58. The van der Waals surface area contributed by atoms with Crippen LogP contribution in [0.2, 0.25) is 0 Å². The number of para-hydroxylation sites is 2. The molecular formula is C25H19FN4O2. The Morgan fingerprint density at radius 1 is 1.00 bits per heavy atom. The molecule has 0 spiro atoms. The molecule has 0 bridgehead atoms. The third-order valence-corrected chi connectivity index (χ3v) is 5.51. The lowest BCUT2D eigenvalue weighted by Crippen LogP contribution is -2.46. The van der Waals surface area contributed by atoms with Crippen molar-refractivity contribution in [3.63, 3.8) is 0 Å². The van der Waals surface area contributed by atoms with E-state index in [-0.39, 0.29) is 5.56 Å². The summed E-state index contributed by atoms with van der Waals surface area (Å²) in [6.07, 6.45) is -1.22. The van der Waals surface area contributed by atoms with Crippen molar-refractivity contribution >= 4 is 34.1 Å². The number of nitrogens with zero attached hydrogens (tertiary/aromatic N) is 2. The number of hydrogen-bond acceptors (Lipinski definition) is 3. The first-order valence-electron chi connectivity index (χ1n) is 10.1. The van der Waals surface area contributed by atoms with Crippen LogP contribution in [0.25, 0.3) is 10.9 Å². The zero-order valence-electron chi connectivity index (χ0n) is 17.2. The second kappa shape index (κ2) is 7.77. The van der Waals surface area contributed by atoms with Gasteiger partial charge in [-0.3, -0.25) is 9.59 Å². The highest BCUT2D eigenvalue weighted by Gasteiger charge is 2.32. The van der Waals surface area contributed by atoms with Gasteiger partial charge in [-0.2, -0.15) is 0 Å². The fraction of sp³-hybridized carbons (Fsp3) is 0.0800. The van der Waals surface area contributed by atoms with Gasteiger partial charge in [-0.05, 0) is 30.3 Å². The molecule has 7 heteroatoms. The van der Waals surface area contributed by atoms with Gasteiger partial charge >= 0.3 is 0 Å². The molecule has 0 saturated carbocycles. The number of aliphatic imine (C=N–C) groups is 1. The van der Waals surface area contributed by atoms with Crippen molar-refractivity contribution in [2.24, 2.45) is 4.99 Å². The third-order valence-electron chi connectivity index (χ3n) is 5.51. The number of carbonyl (C=O) groups excluding carboxylic acids is 2. The van der Waals surface area contributed by atoms with E-state index in [0.717, 1.165) is 10.9 Å². The Hall–Kier alpha value is -4.26. The lowest BCUT2D eigenvalue weighted by atomic mass is 10.00. The number of rotatable bonds is 3. The number of amides is 2. The summed E-state index contributed by atoms with van der Waals surface area (Å²) in [5.74, 6) is -1.36. The molecule has 158 valence electrons. The van der Waals surface area contributed by atoms with Crippen molar-refractivity contribution in [3.05, 3.63) is 102 Å². The Morgan fingerprint density at radius 2 is 1.69 bits per heavy atom. The maximum Gasteiger partial charge on any atom is 0.272 e. The van der Waals surface area contributed by atoms with Crippen LogP contribution in [0.15, 0.2) is 83.9 Å².